The van der Waals surface area contributed by atoms with Gasteiger partial charge in [0, 0.05) is 48.3 Å². The third kappa shape index (κ3) is 6.27. The molecular formula is C29H37ClN4O. The van der Waals surface area contributed by atoms with Crippen molar-refractivity contribution in [2.75, 3.05) is 39.3 Å². The van der Waals surface area contributed by atoms with E-state index in [1.54, 1.807) is 0 Å². The fourth-order valence-corrected chi connectivity index (χ4v) is 5.73. The molecule has 2 aromatic carbocycles. The van der Waals surface area contributed by atoms with E-state index >= 15 is 0 Å². The number of aromatic nitrogens is 1. The number of hydrogen-bond donors (Lipinski definition) is 1. The summed E-state index contributed by atoms with van der Waals surface area (Å²) in [5.41, 5.74) is 3.84. The molecule has 3 aromatic rings. The summed E-state index contributed by atoms with van der Waals surface area (Å²) >= 11 is 6.10. The zero-order chi connectivity index (χ0) is 24.0. The van der Waals surface area contributed by atoms with Crippen molar-refractivity contribution in [1.29, 1.82) is 0 Å². The number of carbonyl (C=O) groups is 1. The van der Waals surface area contributed by atoms with Crippen LogP contribution in [0.2, 0.25) is 5.02 Å². The summed E-state index contributed by atoms with van der Waals surface area (Å²) in [7, 11) is 0. The zero-order valence-corrected chi connectivity index (χ0v) is 21.3. The normalized spacial score (nSPS) is 18.2. The van der Waals surface area contributed by atoms with Crippen LogP contribution in [0.1, 0.15) is 43.4 Å². The highest BCUT2D eigenvalue weighted by molar-refractivity contribution is 6.30. The Morgan fingerprint density at radius 3 is 2.40 bits per heavy atom. The van der Waals surface area contributed by atoms with Gasteiger partial charge in [-0.3, -0.25) is 9.69 Å². The highest BCUT2D eigenvalue weighted by Gasteiger charge is 2.25. The molecule has 2 saturated heterocycles. The predicted molar refractivity (Wildman–Crippen MR) is 144 cm³/mol. The molecule has 1 N–H and O–H groups in total. The molecule has 2 aliphatic heterocycles. The number of amides is 1. The molecule has 3 heterocycles. The maximum absolute atomic E-state index is 12.7. The van der Waals surface area contributed by atoms with Crippen molar-refractivity contribution in [3.05, 3.63) is 70.9 Å². The number of carbonyl (C=O) groups excluding carboxylic acids is 1. The molecule has 0 spiro atoms. The fourth-order valence-electron chi connectivity index (χ4n) is 5.60. The molecule has 0 unspecified atom stereocenters. The van der Waals surface area contributed by atoms with E-state index < -0.39 is 0 Å². The molecule has 186 valence electrons. The summed E-state index contributed by atoms with van der Waals surface area (Å²) in [4.78, 5) is 17.7. The topological polar surface area (TPSA) is 40.5 Å². The van der Waals surface area contributed by atoms with E-state index in [1.807, 2.05) is 12.1 Å². The van der Waals surface area contributed by atoms with Gasteiger partial charge in [-0.15, -0.1) is 0 Å². The Bertz CT molecular complexity index is 1110. The first-order valence-corrected chi connectivity index (χ1v) is 13.6. The lowest BCUT2D eigenvalue weighted by molar-refractivity contribution is -0.126. The van der Waals surface area contributed by atoms with Gasteiger partial charge in [-0.1, -0.05) is 48.4 Å². The van der Waals surface area contributed by atoms with Crippen molar-refractivity contribution in [1.82, 2.24) is 19.7 Å². The molecule has 0 atom stereocenters. The van der Waals surface area contributed by atoms with E-state index in [4.69, 9.17) is 11.6 Å². The summed E-state index contributed by atoms with van der Waals surface area (Å²) in [6.45, 7) is 7.81. The van der Waals surface area contributed by atoms with Crippen LogP contribution in [0.4, 0.5) is 0 Å². The Balaban J connectivity index is 1.16. The van der Waals surface area contributed by atoms with Crippen LogP contribution in [0.3, 0.4) is 0 Å². The van der Waals surface area contributed by atoms with E-state index in [0.717, 1.165) is 57.1 Å². The Morgan fingerprint density at radius 1 is 0.886 bits per heavy atom. The van der Waals surface area contributed by atoms with Crippen LogP contribution in [-0.2, 0) is 17.9 Å². The molecular weight excluding hydrogens is 456 g/mol. The molecule has 5 rings (SSSR count). The van der Waals surface area contributed by atoms with Crippen molar-refractivity contribution >= 4 is 28.4 Å². The first-order chi connectivity index (χ1) is 17.2. The van der Waals surface area contributed by atoms with Gasteiger partial charge in [0.1, 0.15) is 0 Å². The van der Waals surface area contributed by atoms with Crippen LogP contribution >= 0.6 is 11.6 Å². The first-order valence-electron chi connectivity index (χ1n) is 13.2. The molecule has 2 aliphatic rings. The second-order valence-corrected chi connectivity index (χ2v) is 10.6. The van der Waals surface area contributed by atoms with E-state index in [0.29, 0.717) is 0 Å². The number of rotatable bonds is 8. The van der Waals surface area contributed by atoms with E-state index in [1.165, 1.54) is 54.5 Å². The smallest absolute Gasteiger partial charge is 0.223 e. The molecule has 6 heteroatoms. The quantitative estimate of drug-likeness (QED) is 0.472. The average Bonchev–Trinajstić information content (AvgIpc) is 3.23. The standard InChI is InChI=1S/C29H37ClN4O/c30-26-10-8-23(9-11-26)21-34-27(20-25-6-2-3-7-28(25)34)22-33-17-12-24(13-18-33)29(35)31-14-19-32-15-4-1-5-16-32/h2-3,6-11,20,24H,1,4-5,12-19,21-22H2,(H,31,35). The van der Waals surface area contributed by atoms with E-state index in [9.17, 15) is 4.79 Å². The highest BCUT2D eigenvalue weighted by atomic mass is 35.5. The minimum Gasteiger partial charge on any atom is -0.355 e. The SMILES string of the molecule is O=C(NCCN1CCCCC1)C1CCN(Cc2cc3ccccc3n2Cc2ccc(Cl)cc2)CC1. The van der Waals surface area contributed by atoms with Crippen molar-refractivity contribution in [2.24, 2.45) is 5.92 Å². The minimum atomic E-state index is 0.146. The summed E-state index contributed by atoms with van der Waals surface area (Å²) in [6, 6.07) is 19.1. The monoisotopic (exact) mass is 492 g/mol. The summed E-state index contributed by atoms with van der Waals surface area (Å²) < 4.78 is 2.43. The van der Waals surface area contributed by atoms with E-state index in [-0.39, 0.29) is 11.8 Å². The molecule has 1 aromatic heterocycles. The fraction of sp³-hybridized carbons (Fsp3) is 0.483. The van der Waals surface area contributed by atoms with Crippen LogP contribution in [0.25, 0.3) is 10.9 Å². The largest absolute Gasteiger partial charge is 0.355 e. The van der Waals surface area contributed by atoms with Crippen LogP contribution < -0.4 is 5.32 Å². The summed E-state index contributed by atoms with van der Waals surface area (Å²) in [6.07, 6.45) is 5.82. The van der Waals surface area contributed by atoms with Gasteiger partial charge in [-0.2, -0.15) is 0 Å². The van der Waals surface area contributed by atoms with Crippen LogP contribution in [0.5, 0.6) is 0 Å². The summed E-state index contributed by atoms with van der Waals surface area (Å²) in [5, 5.41) is 5.26. The molecule has 0 saturated carbocycles. The number of benzene rings is 2. The summed E-state index contributed by atoms with van der Waals surface area (Å²) in [5.74, 6) is 0.394. The van der Waals surface area contributed by atoms with Crippen molar-refractivity contribution in [2.45, 2.75) is 45.2 Å². The Hall–Kier alpha value is -2.34. The third-order valence-corrected chi connectivity index (χ3v) is 7.92. The zero-order valence-electron chi connectivity index (χ0n) is 20.6. The van der Waals surface area contributed by atoms with Gasteiger partial charge >= 0.3 is 0 Å². The molecule has 2 fully saturated rings. The molecule has 35 heavy (non-hydrogen) atoms. The third-order valence-electron chi connectivity index (χ3n) is 7.67. The van der Waals surface area contributed by atoms with E-state index in [2.05, 4.69) is 62.1 Å². The number of fused-ring (bicyclic) bond motifs is 1. The predicted octanol–water partition coefficient (Wildman–Crippen LogP) is 5.16. The Labute approximate surface area is 214 Å². The van der Waals surface area contributed by atoms with Crippen molar-refractivity contribution in [3.63, 3.8) is 0 Å². The van der Waals surface area contributed by atoms with Gasteiger partial charge in [0.15, 0.2) is 0 Å². The van der Waals surface area contributed by atoms with Gasteiger partial charge in [0.05, 0.1) is 0 Å². The van der Waals surface area contributed by atoms with Gasteiger partial charge in [0.25, 0.3) is 0 Å². The van der Waals surface area contributed by atoms with Crippen LogP contribution in [0.15, 0.2) is 54.6 Å². The second-order valence-electron chi connectivity index (χ2n) is 10.2. The molecule has 0 bridgehead atoms. The number of hydrogen-bond acceptors (Lipinski definition) is 3. The lowest BCUT2D eigenvalue weighted by Gasteiger charge is -2.32. The van der Waals surface area contributed by atoms with Crippen LogP contribution in [0, 0.1) is 5.92 Å². The maximum Gasteiger partial charge on any atom is 0.223 e. The number of nitrogens with one attached hydrogen (secondary N) is 1. The number of piperidine rings is 2. The maximum atomic E-state index is 12.7. The Kier molecular flexibility index (Phi) is 8.07. The van der Waals surface area contributed by atoms with Crippen LogP contribution in [-0.4, -0.2) is 59.5 Å². The number of para-hydroxylation sites is 1. The first kappa shape index (κ1) is 24.4. The Morgan fingerprint density at radius 2 is 1.63 bits per heavy atom. The average molecular weight is 493 g/mol. The number of halogens is 1. The lowest BCUT2D eigenvalue weighted by Crippen LogP contribution is -2.43. The molecule has 1 amide bonds. The van der Waals surface area contributed by atoms with Gasteiger partial charge < -0.3 is 14.8 Å². The van der Waals surface area contributed by atoms with Crippen molar-refractivity contribution < 1.29 is 4.79 Å². The van der Waals surface area contributed by atoms with Gasteiger partial charge in [-0.05, 0) is 87.1 Å². The van der Waals surface area contributed by atoms with Gasteiger partial charge in [-0.25, -0.2) is 0 Å². The number of nitrogens with zero attached hydrogens (tertiary/aromatic N) is 3. The second kappa shape index (κ2) is 11.6. The molecule has 5 nitrogen and oxygen atoms in total. The minimum absolute atomic E-state index is 0.146. The molecule has 0 radical (unpaired) electrons. The van der Waals surface area contributed by atoms with Gasteiger partial charge in [0.2, 0.25) is 5.91 Å². The lowest BCUT2D eigenvalue weighted by atomic mass is 9.96. The van der Waals surface area contributed by atoms with Crippen molar-refractivity contribution in [3.8, 4) is 0 Å². The molecule has 0 aliphatic carbocycles. The highest BCUT2D eigenvalue weighted by Crippen LogP contribution is 2.25. The number of likely N-dealkylation sites (tertiary alicyclic amines) is 2.